The molecule has 0 saturated heterocycles. The Hall–Kier alpha value is -3.81. The number of amides is 1. The maximum atomic E-state index is 12.7. The van der Waals surface area contributed by atoms with Crippen molar-refractivity contribution in [2.24, 2.45) is 0 Å². The fraction of sp³-hybridized carbons (Fsp3) is 0.0952. The van der Waals surface area contributed by atoms with E-state index in [4.69, 9.17) is 0 Å². The van der Waals surface area contributed by atoms with Gasteiger partial charge in [0.1, 0.15) is 11.6 Å². The molecular weight excluding hydrogens is 378 g/mol. The number of fused-ring (bicyclic) bond motifs is 1. The number of aryl methyl sites for hydroxylation is 1. The number of nitrogens with zero attached hydrogens (tertiary/aromatic N) is 3. The number of carbonyl (C=O) groups excluding carboxylic acids is 1. The highest BCUT2D eigenvalue weighted by Crippen LogP contribution is 2.23. The van der Waals surface area contributed by atoms with Gasteiger partial charge in [0.05, 0.1) is 5.69 Å². The van der Waals surface area contributed by atoms with E-state index >= 15 is 0 Å². The number of ether oxygens (including phenoxy) is 1. The topological polar surface area (TPSA) is 69.0 Å². The van der Waals surface area contributed by atoms with Crippen molar-refractivity contribution in [1.29, 1.82) is 0 Å². The van der Waals surface area contributed by atoms with E-state index < -0.39 is 12.5 Å². The molecule has 0 aliphatic heterocycles. The van der Waals surface area contributed by atoms with Crippen molar-refractivity contribution in [2.75, 3.05) is 5.32 Å². The fourth-order valence-electron chi connectivity index (χ4n) is 3.01. The third-order valence-corrected chi connectivity index (χ3v) is 4.32. The highest BCUT2D eigenvalue weighted by atomic mass is 19.3. The molecule has 1 N–H and O–H groups in total. The van der Waals surface area contributed by atoms with Crippen molar-refractivity contribution in [2.45, 2.75) is 13.5 Å². The minimum absolute atomic E-state index is 0.00309. The molecule has 1 amide bonds. The summed E-state index contributed by atoms with van der Waals surface area (Å²) in [4.78, 5) is 16.9. The van der Waals surface area contributed by atoms with Crippen LogP contribution in [-0.4, -0.2) is 27.3 Å². The number of rotatable bonds is 5. The largest absolute Gasteiger partial charge is 0.435 e. The van der Waals surface area contributed by atoms with Crippen LogP contribution in [0.2, 0.25) is 0 Å². The predicted molar refractivity (Wildman–Crippen MR) is 105 cm³/mol. The van der Waals surface area contributed by atoms with Crippen LogP contribution in [0, 0.1) is 6.92 Å². The molecule has 1 heterocycles. The summed E-state index contributed by atoms with van der Waals surface area (Å²) in [5.41, 5.74) is 1.23. The molecular formula is C21H16F2N4O2. The SMILES string of the molecule is Cc1nc(C(=O)Nc2cccc3ccccc23)nn1-c1ccc(OC(F)F)cc1. The lowest BCUT2D eigenvalue weighted by Crippen LogP contribution is -2.14. The highest BCUT2D eigenvalue weighted by Gasteiger charge is 2.16. The number of alkyl halides is 2. The summed E-state index contributed by atoms with van der Waals surface area (Å²) in [7, 11) is 0. The Balaban J connectivity index is 1.58. The van der Waals surface area contributed by atoms with Crippen molar-refractivity contribution in [3.8, 4) is 11.4 Å². The van der Waals surface area contributed by atoms with Crippen LogP contribution in [0.4, 0.5) is 14.5 Å². The molecule has 0 saturated carbocycles. The minimum Gasteiger partial charge on any atom is -0.435 e. The summed E-state index contributed by atoms with van der Waals surface area (Å²) in [5, 5.41) is 9.01. The number of anilines is 1. The van der Waals surface area contributed by atoms with E-state index in [-0.39, 0.29) is 11.6 Å². The second-order valence-electron chi connectivity index (χ2n) is 6.25. The number of nitrogens with one attached hydrogen (secondary N) is 1. The van der Waals surface area contributed by atoms with Crippen LogP contribution >= 0.6 is 0 Å². The summed E-state index contributed by atoms with van der Waals surface area (Å²) in [6.45, 7) is -1.19. The number of halogens is 2. The maximum Gasteiger partial charge on any atom is 0.387 e. The summed E-state index contributed by atoms with van der Waals surface area (Å²) < 4.78 is 30.4. The molecule has 0 spiro atoms. The zero-order chi connectivity index (χ0) is 20.4. The second-order valence-corrected chi connectivity index (χ2v) is 6.25. The van der Waals surface area contributed by atoms with E-state index in [9.17, 15) is 13.6 Å². The van der Waals surface area contributed by atoms with E-state index in [2.05, 4.69) is 20.1 Å². The van der Waals surface area contributed by atoms with Crippen LogP contribution < -0.4 is 10.1 Å². The lowest BCUT2D eigenvalue weighted by molar-refractivity contribution is -0.0498. The van der Waals surface area contributed by atoms with Crippen molar-refractivity contribution in [3.63, 3.8) is 0 Å². The van der Waals surface area contributed by atoms with Gasteiger partial charge in [-0.3, -0.25) is 4.79 Å². The average Bonchev–Trinajstić information content (AvgIpc) is 3.10. The number of benzene rings is 3. The van der Waals surface area contributed by atoms with Crippen molar-refractivity contribution < 1.29 is 18.3 Å². The molecule has 0 atom stereocenters. The number of hydrogen-bond donors (Lipinski definition) is 1. The van der Waals surface area contributed by atoms with Crippen LogP contribution in [-0.2, 0) is 0 Å². The maximum absolute atomic E-state index is 12.7. The van der Waals surface area contributed by atoms with Crippen LogP contribution in [0.15, 0.2) is 66.7 Å². The first-order valence-electron chi connectivity index (χ1n) is 8.79. The van der Waals surface area contributed by atoms with E-state index in [1.165, 1.54) is 16.8 Å². The quantitative estimate of drug-likeness (QED) is 0.538. The summed E-state index contributed by atoms with van der Waals surface area (Å²) in [6.07, 6.45) is 0. The second kappa shape index (κ2) is 7.67. The molecule has 0 bridgehead atoms. The zero-order valence-corrected chi connectivity index (χ0v) is 15.3. The fourth-order valence-corrected chi connectivity index (χ4v) is 3.01. The van der Waals surface area contributed by atoms with Crippen molar-refractivity contribution >= 4 is 22.4 Å². The molecule has 146 valence electrons. The zero-order valence-electron chi connectivity index (χ0n) is 15.3. The summed E-state index contributed by atoms with van der Waals surface area (Å²) in [5.74, 6) is 0.0789. The molecule has 4 rings (SSSR count). The number of carbonyl (C=O) groups is 1. The Kier molecular flexibility index (Phi) is 4.90. The van der Waals surface area contributed by atoms with Gasteiger partial charge in [0, 0.05) is 11.1 Å². The molecule has 8 heteroatoms. The Labute approximate surface area is 164 Å². The molecule has 4 aromatic rings. The van der Waals surface area contributed by atoms with E-state index in [1.54, 1.807) is 19.1 Å². The lowest BCUT2D eigenvalue weighted by Gasteiger charge is -2.07. The van der Waals surface area contributed by atoms with Gasteiger partial charge in [0.2, 0.25) is 5.82 Å². The summed E-state index contributed by atoms with van der Waals surface area (Å²) in [6, 6.07) is 19.3. The van der Waals surface area contributed by atoms with E-state index in [1.807, 2.05) is 42.5 Å². The first-order valence-corrected chi connectivity index (χ1v) is 8.79. The third kappa shape index (κ3) is 3.91. The standard InChI is InChI=1S/C21H16F2N4O2/c1-13-24-19(26-27(13)15-9-11-16(12-10-15)29-21(22)23)20(28)25-18-8-4-6-14-5-2-3-7-17(14)18/h2-12,21H,1H3,(H,25,28). The molecule has 1 aromatic heterocycles. The predicted octanol–water partition coefficient (Wildman–Crippen LogP) is 4.58. The monoisotopic (exact) mass is 394 g/mol. The van der Waals surface area contributed by atoms with Gasteiger partial charge in [-0.2, -0.15) is 8.78 Å². The molecule has 6 nitrogen and oxygen atoms in total. The van der Waals surface area contributed by atoms with E-state index in [0.717, 1.165) is 10.8 Å². The lowest BCUT2D eigenvalue weighted by atomic mass is 10.1. The van der Waals surface area contributed by atoms with Gasteiger partial charge in [-0.05, 0) is 42.6 Å². The first-order chi connectivity index (χ1) is 14.0. The van der Waals surface area contributed by atoms with Crippen LogP contribution in [0.5, 0.6) is 5.75 Å². The van der Waals surface area contributed by atoms with Crippen LogP contribution in [0.1, 0.15) is 16.4 Å². The molecule has 3 aromatic carbocycles. The van der Waals surface area contributed by atoms with Gasteiger partial charge in [0.25, 0.3) is 5.91 Å². The molecule has 0 radical (unpaired) electrons. The van der Waals surface area contributed by atoms with Gasteiger partial charge >= 0.3 is 6.61 Å². The molecule has 29 heavy (non-hydrogen) atoms. The van der Waals surface area contributed by atoms with Gasteiger partial charge in [0.15, 0.2) is 0 Å². The average molecular weight is 394 g/mol. The Morgan fingerprint density at radius 1 is 1.03 bits per heavy atom. The van der Waals surface area contributed by atoms with Crippen LogP contribution in [0.25, 0.3) is 16.5 Å². The normalized spacial score (nSPS) is 11.0. The van der Waals surface area contributed by atoms with E-state index in [0.29, 0.717) is 17.2 Å². The molecule has 0 aliphatic rings. The molecule has 0 fully saturated rings. The van der Waals surface area contributed by atoms with Crippen molar-refractivity contribution in [3.05, 3.63) is 78.4 Å². The number of aromatic nitrogens is 3. The third-order valence-electron chi connectivity index (χ3n) is 4.32. The Bertz CT molecular complexity index is 1170. The molecule has 0 unspecified atom stereocenters. The minimum atomic E-state index is -2.89. The smallest absolute Gasteiger partial charge is 0.387 e. The Morgan fingerprint density at radius 3 is 2.52 bits per heavy atom. The molecule has 0 aliphatic carbocycles. The highest BCUT2D eigenvalue weighted by molar-refractivity contribution is 6.07. The number of hydrogen-bond acceptors (Lipinski definition) is 4. The van der Waals surface area contributed by atoms with Gasteiger partial charge < -0.3 is 10.1 Å². The first kappa shape index (κ1) is 18.5. The Morgan fingerprint density at radius 2 is 1.76 bits per heavy atom. The van der Waals surface area contributed by atoms with Crippen molar-refractivity contribution in [1.82, 2.24) is 14.8 Å². The van der Waals surface area contributed by atoms with Gasteiger partial charge in [-0.25, -0.2) is 9.67 Å². The van der Waals surface area contributed by atoms with Gasteiger partial charge in [-0.15, -0.1) is 5.10 Å². The summed E-state index contributed by atoms with van der Waals surface area (Å²) >= 11 is 0. The van der Waals surface area contributed by atoms with Gasteiger partial charge in [-0.1, -0.05) is 36.4 Å². The van der Waals surface area contributed by atoms with Crippen LogP contribution in [0.3, 0.4) is 0 Å².